The second kappa shape index (κ2) is 11.2. The van der Waals surface area contributed by atoms with Crippen molar-refractivity contribution in [2.24, 2.45) is 0 Å². The topological polar surface area (TPSA) is 86.1 Å². The fourth-order valence-corrected chi connectivity index (χ4v) is 4.34. The van der Waals surface area contributed by atoms with Crippen LogP contribution < -0.4 is 4.74 Å². The lowest BCUT2D eigenvalue weighted by Gasteiger charge is -2.43. The smallest absolute Gasteiger partial charge is 0.225 e. The van der Waals surface area contributed by atoms with Crippen molar-refractivity contribution in [1.82, 2.24) is 19.4 Å². The number of ether oxygens (including phenoxy) is 3. The van der Waals surface area contributed by atoms with Gasteiger partial charge in [-0.1, -0.05) is 11.6 Å². The molecule has 2 saturated heterocycles. The summed E-state index contributed by atoms with van der Waals surface area (Å²) in [7, 11) is 0. The summed E-state index contributed by atoms with van der Waals surface area (Å²) in [5.41, 5.74) is -0.0373. The maximum atomic E-state index is 13.1. The molecule has 2 amide bonds. The molecule has 1 atom stereocenters. The van der Waals surface area contributed by atoms with Crippen LogP contribution in [0.15, 0.2) is 36.9 Å². The van der Waals surface area contributed by atoms with Gasteiger partial charge in [0.05, 0.1) is 39.1 Å². The number of carbonyl (C=O) groups excluding carboxylic acids is 2. The van der Waals surface area contributed by atoms with E-state index in [-0.39, 0.29) is 24.8 Å². The van der Waals surface area contributed by atoms with Crippen LogP contribution in [0.4, 0.5) is 0 Å². The van der Waals surface area contributed by atoms with Crippen LogP contribution in [0.5, 0.6) is 5.75 Å². The van der Waals surface area contributed by atoms with Gasteiger partial charge in [-0.2, -0.15) is 0 Å². The number of aryl methyl sites for hydroxylation is 2. The van der Waals surface area contributed by atoms with Crippen molar-refractivity contribution in [2.45, 2.75) is 31.9 Å². The van der Waals surface area contributed by atoms with Gasteiger partial charge in [0.15, 0.2) is 0 Å². The summed E-state index contributed by atoms with van der Waals surface area (Å²) in [6.45, 7) is 5.89. The SMILES string of the molecule is Cc1cc(OC[C@@]2(CC(=O)N3CCOCC3)CN(C(=O)CCn3ccnc3)CCO2)ccc1Cl. The number of morpholine rings is 2. The maximum Gasteiger partial charge on any atom is 0.225 e. The van der Waals surface area contributed by atoms with E-state index in [1.807, 2.05) is 23.8 Å². The number of aromatic nitrogens is 2. The summed E-state index contributed by atoms with van der Waals surface area (Å²) in [6.07, 6.45) is 5.70. The van der Waals surface area contributed by atoms with Crippen molar-refractivity contribution in [3.05, 3.63) is 47.5 Å². The molecule has 2 aromatic rings. The fraction of sp³-hybridized carbons (Fsp3) is 0.542. The van der Waals surface area contributed by atoms with E-state index >= 15 is 0 Å². The highest BCUT2D eigenvalue weighted by atomic mass is 35.5. The normalized spacial score (nSPS) is 20.9. The summed E-state index contributed by atoms with van der Waals surface area (Å²) in [4.78, 5) is 33.7. The molecule has 1 aromatic carbocycles. The van der Waals surface area contributed by atoms with Crippen LogP contribution in [0.25, 0.3) is 0 Å². The van der Waals surface area contributed by atoms with Crippen LogP contribution in [-0.4, -0.2) is 89.4 Å². The van der Waals surface area contributed by atoms with E-state index in [0.29, 0.717) is 69.7 Å². The van der Waals surface area contributed by atoms with Crippen LogP contribution in [0.3, 0.4) is 0 Å². The van der Waals surface area contributed by atoms with Gasteiger partial charge < -0.3 is 28.6 Å². The molecule has 4 rings (SSSR count). The minimum atomic E-state index is -0.939. The third kappa shape index (κ3) is 6.28. The lowest BCUT2D eigenvalue weighted by molar-refractivity contribution is -0.167. The molecule has 1 aromatic heterocycles. The van der Waals surface area contributed by atoms with Gasteiger partial charge in [0, 0.05) is 50.0 Å². The highest BCUT2D eigenvalue weighted by molar-refractivity contribution is 6.31. The first-order chi connectivity index (χ1) is 16.4. The van der Waals surface area contributed by atoms with E-state index in [1.54, 1.807) is 34.5 Å². The third-order valence-corrected chi connectivity index (χ3v) is 6.64. The first-order valence-electron chi connectivity index (χ1n) is 11.6. The van der Waals surface area contributed by atoms with Gasteiger partial charge in [-0.25, -0.2) is 4.98 Å². The number of hydrogen-bond acceptors (Lipinski definition) is 6. The molecular weight excluding hydrogens is 460 g/mol. The fourth-order valence-electron chi connectivity index (χ4n) is 4.23. The predicted molar refractivity (Wildman–Crippen MR) is 126 cm³/mol. The van der Waals surface area contributed by atoms with E-state index in [2.05, 4.69) is 4.98 Å². The number of imidazole rings is 1. The van der Waals surface area contributed by atoms with Gasteiger partial charge >= 0.3 is 0 Å². The first-order valence-corrected chi connectivity index (χ1v) is 11.9. The van der Waals surface area contributed by atoms with Crippen LogP contribution in [0.1, 0.15) is 18.4 Å². The lowest BCUT2D eigenvalue weighted by Crippen LogP contribution is -2.58. The molecule has 0 saturated carbocycles. The molecule has 0 bridgehead atoms. The largest absolute Gasteiger partial charge is 0.490 e. The number of halogens is 1. The molecule has 0 spiro atoms. The monoisotopic (exact) mass is 490 g/mol. The Labute approximate surface area is 204 Å². The first kappa shape index (κ1) is 24.5. The summed E-state index contributed by atoms with van der Waals surface area (Å²) < 4.78 is 19.5. The molecule has 34 heavy (non-hydrogen) atoms. The Morgan fingerprint density at radius 2 is 1.94 bits per heavy atom. The summed E-state index contributed by atoms with van der Waals surface area (Å²) in [6, 6.07) is 5.44. The molecule has 2 aliphatic heterocycles. The molecule has 0 radical (unpaired) electrons. The standard InChI is InChI=1S/C24H31ClN4O5/c1-19-14-20(2-3-21(19)25)33-17-24(15-23(31)28-8-11-32-12-9-28)16-29(10-13-34-24)22(30)4-6-27-7-5-26-18-27/h2-3,5,7,14,18H,4,6,8-13,15-17H2,1H3/t24-/m1/s1. The number of carbonyl (C=O) groups is 2. The highest BCUT2D eigenvalue weighted by Crippen LogP contribution is 2.27. The van der Waals surface area contributed by atoms with Gasteiger partial charge in [-0.3, -0.25) is 9.59 Å². The number of rotatable bonds is 8. The average molecular weight is 491 g/mol. The van der Waals surface area contributed by atoms with Gasteiger partial charge in [0.1, 0.15) is 18.0 Å². The Balaban J connectivity index is 1.46. The van der Waals surface area contributed by atoms with Crippen LogP contribution >= 0.6 is 11.6 Å². The Morgan fingerprint density at radius 3 is 2.68 bits per heavy atom. The molecule has 0 unspecified atom stereocenters. The van der Waals surface area contributed by atoms with Crippen molar-refractivity contribution in [1.29, 1.82) is 0 Å². The van der Waals surface area contributed by atoms with Crippen molar-refractivity contribution < 1.29 is 23.8 Å². The van der Waals surface area contributed by atoms with Crippen LogP contribution in [0, 0.1) is 6.92 Å². The van der Waals surface area contributed by atoms with Gasteiger partial charge in [-0.05, 0) is 30.7 Å². The van der Waals surface area contributed by atoms with Crippen molar-refractivity contribution in [3.8, 4) is 5.75 Å². The molecule has 2 aliphatic rings. The van der Waals surface area contributed by atoms with E-state index < -0.39 is 5.60 Å². The molecule has 2 fully saturated rings. The number of hydrogen-bond donors (Lipinski definition) is 0. The molecule has 184 valence electrons. The Bertz CT molecular complexity index is 980. The quantitative estimate of drug-likeness (QED) is 0.563. The molecule has 3 heterocycles. The zero-order chi connectivity index (χ0) is 24.0. The summed E-state index contributed by atoms with van der Waals surface area (Å²) >= 11 is 6.14. The predicted octanol–water partition coefficient (Wildman–Crippen LogP) is 2.16. The van der Waals surface area contributed by atoms with Crippen LogP contribution in [0.2, 0.25) is 5.02 Å². The Hall–Kier alpha value is -2.62. The highest BCUT2D eigenvalue weighted by Gasteiger charge is 2.42. The average Bonchev–Trinajstić information content (AvgIpc) is 3.38. The molecule has 9 nitrogen and oxygen atoms in total. The van der Waals surface area contributed by atoms with E-state index in [0.717, 1.165) is 5.56 Å². The zero-order valence-corrected chi connectivity index (χ0v) is 20.2. The van der Waals surface area contributed by atoms with Gasteiger partial charge in [0.2, 0.25) is 11.8 Å². The van der Waals surface area contributed by atoms with Gasteiger partial charge in [0.25, 0.3) is 0 Å². The second-order valence-electron chi connectivity index (χ2n) is 8.77. The zero-order valence-electron chi connectivity index (χ0n) is 19.5. The third-order valence-electron chi connectivity index (χ3n) is 6.21. The second-order valence-corrected chi connectivity index (χ2v) is 9.17. The Kier molecular flexibility index (Phi) is 8.07. The van der Waals surface area contributed by atoms with Crippen molar-refractivity contribution in [3.63, 3.8) is 0 Å². The number of amides is 2. The molecule has 10 heteroatoms. The van der Waals surface area contributed by atoms with Crippen molar-refractivity contribution >= 4 is 23.4 Å². The lowest BCUT2D eigenvalue weighted by atomic mass is 9.96. The molecule has 0 aliphatic carbocycles. The maximum absolute atomic E-state index is 13.1. The minimum absolute atomic E-state index is 0.0162. The molecular formula is C24H31ClN4O5. The van der Waals surface area contributed by atoms with E-state index in [9.17, 15) is 9.59 Å². The van der Waals surface area contributed by atoms with E-state index in [1.165, 1.54) is 0 Å². The number of nitrogens with zero attached hydrogens (tertiary/aromatic N) is 4. The summed E-state index contributed by atoms with van der Waals surface area (Å²) in [5.74, 6) is 0.640. The van der Waals surface area contributed by atoms with E-state index in [4.69, 9.17) is 25.8 Å². The van der Waals surface area contributed by atoms with Crippen LogP contribution in [-0.2, 0) is 25.6 Å². The minimum Gasteiger partial charge on any atom is -0.490 e. The molecule has 0 N–H and O–H groups in total. The summed E-state index contributed by atoms with van der Waals surface area (Å²) in [5, 5.41) is 0.660. The number of benzene rings is 1. The van der Waals surface area contributed by atoms with Gasteiger partial charge in [-0.15, -0.1) is 0 Å². The van der Waals surface area contributed by atoms with Crippen molar-refractivity contribution in [2.75, 3.05) is 52.6 Å². The Morgan fingerprint density at radius 1 is 1.15 bits per heavy atom.